The lowest BCUT2D eigenvalue weighted by Crippen LogP contribution is -2.37. The third-order valence-electron chi connectivity index (χ3n) is 5.72. The number of imide groups is 1. The average molecular weight is 416 g/mol. The monoisotopic (exact) mass is 416 g/mol. The van der Waals surface area contributed by atoms with Gasteiger partial charge in [0.1, 0.15) is 17.3 Å². The average Bonchev–Trinajstić information content (AvgIpc) is 3.05. The number of amides is 2. The van der Waals surface area contributed by atoms with Crippen LogP contribution in [0.1, 0.15) is 16.7 Å². The molecule has 2 aliphatic heterocycles. The van der Waals surface area contributed by atoms with Crippen molar-refractivity contribution in [2.45, 2.75) is 13.0 Å². The van der Waals surface area contributed by atoms with Gasteiger partial charge in [-0.05, 0) is 59.5 Å². The zero-order valence-electron chi connectivity index (χ0n) is 16.5. The SMILES string of the molecule is O=C1C(c2ccc(F)cc2)=C(N2CCc3ccccc3C2)C(=O)N1c1ccc(F)cc1. The van der Waals surface area contributed by atoms with Gasteiger partial charge in [0.15, 0.2) is 0 Å². The Morgan fingerprint density at radius 3 is 2.00 bits per heavy atom. The second-order valence-corrected chi connectivity index (χ2v) is 7.59. The standard InChI is InChI=1S/C25H18F2N2O2/c26-19-7-5-17(6-8-19)22-23(28-14-13-16-3-1-2-4-18(16)15-28)25(31)29(24(22)30)21-11-9-20(27)10-12-21/h1-12H,13-15H2. The third kappa shape index (κ3) is 3.30. The van der Waals surface area contributed by atoms with E-state index in [0.29, 0.717) is 24.3 Å². The van der Waals surface area contributed by atoms with Gasteiger partial charge >= 0.3 is 0 Å². The van der Waals surface area contributed by atoms with E-state index in [0.717, 1.165) is 16.9 Å². The zero-order valence-corrected chi connectivity index (χ0v) is 16.5. The van der Waals surface area contributed by atoms with Gasteiger partial charge in [-0.25, -0.2) is 13.7 Å². The number of halogens is 2. The van der Waals surface area contributed by atoms with Gasteiger partial charge in [0.05, 0.1) is 11.3 Å². The van der Waals surface area contributed by atoms with Crippen LogP contribution in [0.5, 0.6) is 0 Å². The molecule has 0 saturated heterocycles. The highest BCUT2D eigenvalue weighted by atomic mass is 19.1. The Balaban J connectivity index is 1.61. The van der Waals surface area contributed by atoms with Crippen molar-refractivity contribution in [3.63, 3.8) is 0 Å². The summed E-state index contributed by atoms with van der Waals surface area (Å²) in [6.07, 6.45) is 0.744. The Kier molecular flexibility index (Phi) is 4.62. The van der Waals surface area contributed by atoms with E-state index in [4.69, 9.17) is 0 Å². The summed E-state index contributed by atoms with van der Waals surface area (Å²) < 4.78 is 26.9. The minimum Gasteiger partial charge on any atom is -0.362 e. The van der Waals surface area contributed by atoms with Crippen molar-refractivity contribution >= 4 is 23.1 Å². The van der Waals surface area contributed by atoms with Crippen molar-refractivity contribution in [1.82, 2.24) is 4.90 Å². The summed E-state index contributed by atoms with van der Waals surface area (Å²) in [5, 5.41) is 0. The predicted octanol–water partition coefficient (Wildman–Crippen LogP) is 4.31. The van der Waals surface area contributed by atoms with E-state index in [-0.39, 0.29) is 11.3 Å². The molecule has 0 radical (unpaired) electrons. The van der Waals surface area contributed by atoms with Crippen LogP contribution >= 0.6 is 0 Å². The first-order valence-electron chi connectivity index (χ1n) is 9.99. The molecule has 0 N–H and O–H groups in total. The number of hydrogen-bond donors (Lipinski definition) is 0. The molecule has 0 unspecified atom stereocenters. The molecule has 3 aromatic rings. The maximum absolute atomic E-state index is 13.5. The van der Waals surface area contributed by atoms with Crippen molar-refractivity contribution in [3.8, 4) is 0 Å². The second kappa shape index (κ2) is 7.47. The zero-order chi connectivity index (χ0) is 21.5. The van der Waals surface area contributed by atoms with E-state index in [2.05, 4.69) is 6.07 Å². The van der Waals surface area contributed by atoms with Crippen LogP contribution in [0.4, 0.5) is 14.5 Å². The first-order chi connectivity index (χ1) is 15.0. The molecule has 6 heteroatoms. The summed E-state index contributed by atoms with van der Waals surface area (Å²) in [7, 11) is 0. The van der Waals surface area contributed by atoms with Crippen molar-refractivity contribution in [2.75, 3.05) is 11.4 Å². The quantitative estimate of drug-likeness (QED) is 0.598. The van der Waals surface area contributed by atoms with Gasteiger partial charge in [-0.1, -0.05) is 36.4 Å². The molecule has 0 bridgehead atoms. The Morgan fingerprint density at radius 2 is 1.32 bits per heavy atom. The number of nitrogens with zero attached hydrogens (tertiary/aromatic N) is 2. The fourth-order valence-electron chi connectivity index (χ4n) is 4.20. The van der Waals surface area contributed by atoms with Crippen molar-refractivity contribution in [3.05, 3.63) is 107 Å². The largest absolute Gasteiger partial charge is 0.362 e. The van der Waals surface area contributed by atoms with Crippen molar-refractivity contribution < 1.29 is 18.4 Å². The predicted molar refractivity (Wildman–Crippen MR) is 113 cm³/mol. The molecule has 0 atom stereocenters. The van der Waals surface area contributed by atoms with Crippen LogP contribution in [0.25, 0.3) is 5.57 Å². The molecule has 2 heterocycles. The van der Waals surface area contributed by atoms with Crippen LogP contribution in [0, 0.1) is 11.6 Å². The van der Waals surface area contributed by atoms with E-state index >= 15 is 0 Å². The van der Waals surface area contributed by atoms with Gasteiger partial charge in [-0.15, -0.1) is 0 Å². The summed E-state index contributed by atoms with van der Waals surface area (Å²) in [5.41, 5.74) is 3.60. The maximum Gasteiger partial charge on any atom is 0.282 e. The molecule has 0 fully saturated rings. The molecular formula is C25H18F2N2O2. The summed E-state index contributed by atoms with van der Waals surface area (Å²) in [4.78, 5) is 29.9. The lowest BCUT2D eigenvalue weighted by atomic mass is 9.98. The van der Waals surface area contributed by atoms with Gasteiger partial charge in [-0.2, -0.15) is 0 Å². The van der Waals surface area contributed by atoms with Crippen molar-refractivity contribution in [2.24, 2.45) is 0 Å². The van der Waals surface area contributed by atoms with E-state index in [1.165, 1.54) is 54.1 Å². The first kappa shape index (κ1) is 19.2. The molecule has 31 heavy (non-hydrogen) atoms. The van der Waals surface area contributed by atoms with Crippen LogP contribution in [0.2, 0.25) is 0 Å². The maximum atomic E-state index is 13.5. The van der Waals surface area contributed by atoms with E-state index in [9.17, 15) is 18.4 Å². The van der Waals surface area contributed by atoms with E-state index in [1.807, 2.05) is 23.1 Å². The fourth-order valence-corrected chi connectivity index (χ4v) is 4.20. The van der Waals surface area contributed by atoms with Crippen LogP contribution in [-0.2, 0) is 22.6 Å². The van der Waals surface area contributed by atoms with Gasteiger partial charge in [0.2, 0.25) is 0 Å². The molecule has 0 saturated carbocycles. The molecule has 154 valence electrons. The van der Waals surface area contributed by atoms with Crippen molar-refractivity contribution in [1.29, 1.82) is 0 Å². The number of anilines is 1. The Bertz CT molecular complexity index is 1220. The van der Waals surface area contributed by atoms with Gasteiger partial charge in [-0.3, -0.25) is 9.59 Å². The highest BCUT2D eigenvalue weighted by Gasteiger charge is 2.43. The second-order valence-electron chi connectivity index (χ2n) is 7.59. The fraction of sp³-hybridized carbons (Fsp3) is 0.120. The summed E-state index contributed by atoms with van der Waals surface area (Å²) in [6.45, 7) is 1.07. The van der Waals surface area contributed by atoms with E-state index in [1.54, 1.807) is 0 Å². The van der Waals surface area contributed by atoms with Crippen LogP contribution in [0.3, 0.4) is 0 Å². The first-order valence-corrected chi connectivity index (χ1v) is 9.99. The lowest BCUT2D eigenvalue weighted by molar-refractivity contribution is -0.120. The van der Waals surface area contributed by atoms with Crippen LogP contribution < -0.4 is 4.90 Å². The minimum atomic E-state index is -0.503. The van der Waals surface area contributed by atoms with Crippen LogP contribution in [0.15, 0.2) is 78.5 Å². The number of fused-ring (bicyclic) bond motifs is 1. The lowest BCUT2D eigenvalue weighted by Gasteiger charge is -2.31. The number of benzene rings is 3. The number of hydrogen-bond acceptors (Lipinski definition) is 3. The highest BCUT2D eigenvalue weighted by molar-refractivity contribution is 6.45. The Labute approximate surface area is 178 Å². The summed E-state index contributed by atoms with van der Waals surface area (Å²) in [6, 6.07) is 18.8. The Hall–Kier alpha value is -3.80. The molecule has 3 aromatic carbocycles. The van der Waals surface area contributed by atoms with Gasteiger partial charge in [0, 0.05) is 13.1 Å². The topological polar surface area (TPSA) is 40.6 Å². The number of carbonyl (C=O) groups excluding carboxylic acids is 2. The third-order valence-corrected chi connectivity index (χ3v) is 5.72. The molecule has 4 nitrogen and oxygen atoms in total. The van der Waals surface area contributed by atoms with Crippen LogP contribution in [-0.4, -0.2) is 23.3 Å². The molecule has 0 aromatic heterocycles. The smallest absolute Gasteiger partial charge is 0.282 e. The summed E-state index contributed by atoms with van der Waals surface area (Å²) in [5.74, 6) is -1.85. The molecule has 2 amide bonds. The molecule has 0 aliphatic carbocycles. The number of rotatable bonds is 3. The van der Waals surface area contributed by atoms with E-state index < -0.39 is 23.4 Å². The summed E-state index contributed by atoms with van der Waals surface area (Å²) >= 11 is 0. The van der Waals surface area contributed by atoms with Gasteiger partial charge in [0.25, 0.3) is 11.8 Å². The molecular weight excluding hydrogens is 398 g/mol. The number of carbonyl (C=O) groups is 2. The minimum absolute atomic E-state index is 0.230. The molecule has 2 aliphatic rings. The van der Waals surface area contributed by atoms with Gasteiger partial charge < -0.3 is 4.90 Å². The highest BCUT2D eigenvalue weighted by Crippen LogP contribution is 2.36. The molecule has 5 rings (SSSR count). The normalized spacial score (nSPS) is 16.2. The Morgan fingerprint density at radius 1 is 0.710 bits per heavy atom. The molecule has 0 spiro atoms.